The zero-order chi connectivity index (χ0) is 15.0. The Balaban J connectivity index is 2.31. The first kappa shape index (κ1) is 13.8. The molecule has 1 heterocycles. The Morgan fingerprint density at radius 3 is 2.43 bits per heavy atom. The van der Waals surface area contributed by atoms with Crippen LogP contribution in [-0.4, -0.2) is 17.1 Å². The van der Waals surface area contributed by atoms with Gasteiger partial charge in [0.2, 0.25) is 0 Å². The quantitative estimate of drug-likeness (QED) is 0.764. The normalized spacial score (nSPS) is 10.8. The number of aromatic nitrogens is 2. The molecule has 2 aromatic carbocycles. The van der Waals surface area contributed by atoms with Crippen molar-refractivity contribution in [1.82, 2.24) is 9.97 Å². The fraction of sp³-hybridized carbons (Fsp3) is 0.125. The van der Waals surface area contributed by atoms with Gasteiger partial charge in [-0.05, 0) is 40.4 Å². The molecule has 0 radical (unpaired) electrons. The minimum absolute atomic E-state index is 0.442. The van der Waals surface area contributed by atoms with Crippen LogP contribution in [0.4, 0.5) is 5.82 Å². The molecule has 2 N–H and O–H groups in total. The van der Waals surface area contributed by atoms with Crippen molar-refractivity contribution >= 4 is 32.5 Å². The average Bonchev–Trinajstić information content (AvgIpc) is 2.51. The lowest BCUT2D eigenvalue weighted by Gasteiger charge is -2.11. The van der Waals surface area contributed by atoms with Crippen LogP contribution in [0.15, 0.2) is 40.9 Å². The van der Waals surface area contributed by atoms with E-state index in [9.17, 15) is 0 Å². The highest BCUT2D eigenvalue weighted by atomic mass is 79.9. The van der Waals surface area contributed by atoms with E-state index < -0.39 is 0 Å². The Morgan fingerprint density at radius 1 is 1.05 bits per heavy atom. The van der Waals surface area contributed by atoms with Gasteiger partial charge in [-0.1, -0.05) is 24.3 Å². The van der Waals surface area contributed by atoms with Crippen molar-refractivity contribution in [2.45, 2.75) is 6.92 Å². The van der Waals surface area contributed by atoms with E-state index in [0.29, 0.717) is 11.6 Å². The van der Waals surface area contributed by atoms with Crippen molar-refractivity contribution in [2.24, 2.45) is 0 Å². The van der Waals surface area contributed by atoms with Gasteiger partial charge in [0.25, 0.3) is 0 Å². The zero-order valence-corrected chi connectivity index (χ0v) is 13.3. The minimum Gasteiger partial charge on any atom is -0.496 e. The van der Waals surface area contributed by atoms with Crippen LogP contribution in [0.25, 0.3) is 22.2 Å². The summed E-state index contributed by atoms with van der Waals surface area (Å²) in [5.41, 5.74) is 7.69. The molecule has 0 saturated heterocycles. The molecule has 0 saturated carbocycles. The standard InChI is InChI=1S/C16H14BrN3O/c1-9-14(17)15(18)20-16(19-9)12-7-8-13(21-2)11-6-4-3-5-10(11)12/h3-8H,1-2H3,(H2,18,19,20). The third-order valence-electron chi connectivity index (χ3n) is 3.39. The van der Waals surface area contributed by atoms with Crippen molar-refractivity contribution in [3.8, 4) is 17.1 Å². The number of hydrogen-bond donors (Lipinski definition) is 1. The maximum Gasteiger partial charge on any atom is 0.162 e. The maximum atomic E-state index is 5.94. The summed E-state index contributed by atoms with van der Waals surface area (Å²) in [6.07, 6.45) is 0. The first-order valence-corrected chi connectivity index (χ1v) is 7.27. The van der Waals surface area contributed by atoms with E-state index in [4.69, 9.17) is 10.5 Å². The summed E-state index contributed by atoms with van der Waals surface area (Å²) < 4.78 is 6.15. The molecule has 1 aromatic heterocycles. The number of fused-ring (bicyclic) bond motifs is 1. The topological polar surface area (TPSA) is 61.0 Å². The third-order valence-corrected chi connectivity index (χ3v) is 4.37. The number of aryl methyl sites for hydroxylation is 1. The summed E-state index contributed by atoms with van der Waals surface area (Å²) in [6, 6.07) is 11.9. The molecule has 0 unspecified atom stereocenters. The SMILES string of the molecule is COc1ccc(-c2nc(C)c(Br)c(N)n2)c2ccccc12. The lowest BCUT2D eigenvalue weighted by molar-refractivity contribution is 0.420. The van der Waals surface area contributed by atoms with Gasteiger partial charge in [-0.3, -0.25) is 0 Å². The van der Waals surface area contributed by atoms with E-state index in [1.54, 1.807) is 7.11 Å². The lowest BCUT2D eigenvalue weighted by Crippen LogP contribution is -2.00. The van der Waals surface area contributed by atoms with Gasteiger partial charge < -0.3 is 10.5 Å². The lowest BCUT2D eigenvalue weighted by atomic mass is 10.0. The number of rotatable bonds is 2. The number of nitrogens with zero attached hydrogens (tertiary/aromatic N) is 2. The van der Waals surface area contributed by atoms with Gasteiger partial charge in [-0.2, -0.15) is 0 Å². The first-order valence-electron chi connectivity index (χ1n) is 6.47. The number of methoxy groups -OCH3 is 1. The van der Waals surface area contributed by atoms with E-state index in [1.165, 1.54) is 0 Å². The predicted molar refractivity (Wildman–Crippen MR) is 88.4 cm³/mol. The monoisotopic (exact) mass is 343 g/mol. The molecule has 106 valence electrons. The summed E-state index contributed by atoms with van der Waals surface area (Å²) in [7, 11) is 1.67. The van der Waals surface area contributed by atoms with Gasteiger partial charge in [0.15, 0.2) is 5.82 Å². The number of benzene rings is 2. The number of halogens is 1. The van der Waals surface area contributed by atoms with Gasteiger partial charge in [0.05, 0.1) is 17.3 Å². The molecule has 0 bridgehead atoms. The van der Waals surface area contributed by atoms with Crippen LogP contribution < -0.4 is 10.5 Å². The highest BCUT2D eigenvalue weighted by molar-refractivity contribution is 9.10. The van der Waals surface area contributed by atoms with Crippen LogP contribution >= 0.6 is 15.9 Å². The predicted octanol–water partition coefficient (Wildman–Crippen LogP) is 3.96. The van der Waals surface area contributed by atoms with Crippen LogP contribution in [0, 0.1) is 6.92 Å². The number of hydrogen-bond acceptors (Lipinski definition) is 4. The number of nitrogens with two attached hydrogens (primary N) is 1. The van der Waals surface area contributed by atoms with Crippen molar-refractivity contribution < 1.29 is 4.74 Å². The van der Waals surface area contributed by atoms with E-state index in [2.05, 4.69) is 25.9 Å². The Labute approximate surface area is 131 Å². The van der Waals surface area contributed by atoms with Crippen LogP contribution in [0.2, 0.25) is 0 Å². The first-order chi connectivity index (χ1) is 10.1. The Bertz CT molecular complexity index is 810. The number of anilines is 1. The van der Waals surface area contributed by atoms with E-state index >= 15 is 0 Å². The van der Waals surface area contributed by atoms with Crippen LogP contribution in [-0.2, 0) is 0 Å². The second-order valence-corrected chi connectivity index (χ2v) is 5.49. The fourth-order valence-electron chi connectivity index (χ4n) is 2.35. The summed E-state index contributed by atoms with van der Waals surface area (Å²) in [6.45, 7) is 1.90. The molecular weight excluding hydrogens is 330 g/mol. The number of ether oxygens (including phenoxy) is 1. The van der Waals surface area contributed by atoms with Gasteiger partial charge in [-0.25, -0.2) is 9.97 Å². The molecule has 21 heavy (non-hydrogen) atoms. The second-order valence-electron chi connectivity index (χ2n) is 4.69. The van der Waals surface area contributed by atoms with Crippen molar-refractivity contribution in [2.75, 3.05) is 12.8 Å². The summed E-state index contributed by atoms with van der Waals surface area (Å²) in [4.78, 5) is 8.92. The summed E-state index contributed by atoms with van der Waals surface area (Å²) in [5, 5.41) is 2.07. The van der Waals surface area contributed by atoms with Gasteiger partial charge >= 0.3 is 0 Å². The Hall–Kier alpha value is -2.14. The molecule has 5 heteroatoms. The second kappa shape index (κ2) is 5.33. The van der Waals surface area contributed by atoms with E-state index in [-0.39, 0.29) is 0 Å². The highest BCUT2D eigenvalue weighted by Gasteiger charge is 2.13. The molecule has 0 aliphatic heterocycles. The Morgan fingerprint density at radius 2 is 1.76 bits per heavy atom. The van der Waals surface area contributed by atoms with E-state index in [0.717, 1.165) is 32.3 Å². The largest absolute Gasteiger partial charge is 0.496 e. The van der Waals surface area contributed by atoms with E-state index in [1.807, 2.05) is 43.3 Å². The molecule has 0 aliphatic rings. The minimum atomic E-state index is 0.442. The van der Waals surface area contributed by atoms with Gasteiger partial charge in [0, 0.05) is 10.9 Å². The van der Waals surface area contributed by atoms with Crippen molar-refractivity contribution in [3.05, 3.63) is 46.6 Å². The third kappa shape index (κ3) is 2.34. The molecule has 0 fully saturated rings. The smallest absolute Gasteiger partial charge is 0.162 e. The molecule has 0 spiro atoms. The maximum absolute atomic E-state index is 5.94. The van der Waals surface area contributed by atoms with Crippen molar-refractivity contribution in [1.29, 1.82) is 0 Å². The molecule has 3 aromatic rings. The Kier molecular flexibility index (Phi) is 3.51. The molecule has 0 atom stereocenters. The average molecular weight is 344 g/mol. The summed E-state index contributed by atoms with van der Waals surface area (Å²) in [5.74, 6) is 1.89. The molecule has 3 rings (SSSR count). The van der Waals surface area contributed by atoms with Gasteiger partial charge in [0.1, 0.15) is 11.6 Å². The van der Waals surface area contributed by atoms with Crippen LogP contribution in [0.3, 0.4) is 0 Å². The fourth-order valence-corrected chi connectivity index (χ4v) is 2.52. The number of nitrogen functional groups attached to an aromatic ring is 1. The molecule has 0 aliphatic carbocycles. The summed E-state index contributed by atoms with van der Waals surface area (Å²) >= 11 is 3.39. The molecule has 0 amide bonds. The van der Waals surface area contributed by atoms with Gasteiger partial charge in [-0.15, -0.1) is 0 Å². The zero-order valence-electron chi connectivity index (χ0n) is 11.7. The van der Waals surface area contributed by atoms with Crippen molar-refractivity contribution in [3.63, 3.8) is 0 Å². The highest BCUT2D eigenvalue weighted by Crippen LogP contribution is 2.34. The molecule has 4 nitrogen and oxygen atoms in total. The van der Waals surface area contributed by atoms with Crippen LogP contribution in [0.5, 0.6) is 5.75 Å². The van der Waals surface area contributed by atoms with Crippen LogP contribution in [0.1, 0.15) is 5.69 Å². The molecular formula is C16H14BrN3O.